The second-order valence-electron chi connectivity index (χ2n) is 17.4. The lowest BCUT2D eigenvalue weighted by atomic mass is 9.46. The number of hydrogen-bond acceptors (Lipinski definition) is 13. The minimum absolute atomic E-state index is 0.00880. The average molecular weight is 794 g/mol. The summed E-state index contributed by atoms with van der Waals surface area (Å²) in [5, 5.41) is 51.3. The van der Waals surface area contributed by atoms with Gasteiger partial charge in [0.15, 0.2) is 11.9 Å². The monoisotopic (exact) mass is 793 g/mol. The quantitative estimate of drug-likeness (QED) is 0.144. The van der Waals surface area contributed by atoms with E-state index < -0.39 is 106 Å². The predicted molar refractivity (Wildman–Crippen MR) is 204 cm³/mol. The fraction of sp³-hybridized carbons (Fsp3) is 0.558. The molecule has 0 heterocycles. The summed E-state index contributed by atoms with van der Waals surface area (Å²) in [6.07, 6.45) is -10.1. The number of rotatable bonds is 8. The molecule has 5 N–H and O–H groups in total. The molecule has 5 rings (SSSR count). The van der Waals surface area contributed by atoms with E-state index in [-0.39, 0.29) is 29.6 Å². The fourth-order valence-electron chi connectivity index (χ4n) is 9.27. The van der Waals surface area contributed by atoms with Gasteiger partial charge in [-0.05, 0) is 83.2 Å². The zero-order chi connectivity index (χ0) is 42.5. The summed E-state index contributed by atoms with van der Waals surface area (Å²) >= 11 is 0. The van der Waals surface area contributed by atoms with E-state index in [4.69, 9.17) is 18.9 Å². The molecule has 14 heteroatoms. The van der Waals surface area contributed by atoms with Crippen molar-refractivity contribution in [2.24, 2.45) is 16.7 Å². The highest BCUT2D eigenvalue weighted by molar-refractivity contribution is 5.94. The smallest absolute Gasteiger partial charge is 0.408 e. The van der Waals surface area contributed by atoms with E-state index in [9.17, 15) is 44.4 Å². The Bertz CT molecular complexity index is 1910. The van der Waals surface area contributed by atoms with Gasteiger partial charge in [0.25, 0.3) is 0 Å². The topological polar surface area (TPSA) is 215 Å². The number of carbonyl (C=O) groups is 5. The first kappa shape index (κ1) is 43.5. The summed E-state index contributed by atoms with van der Waals surface area (Å²) in [6.45, 7) is 13.7. The maximum atomic E-state index is 14.9. The van der Waals surface area contributed by atoms with Crippen LogP contribution in [0.25, 0.3) is 0 Å². The Morgan fingerprint density at radius 2 is 1.49 bits per heavy atom. The lowest BCUT2D eigenvalue weighted by Gasteiger charge is -2.63. The first-order chi connectivity index (χ1) is 26.4. The largest absolute Gasteiger partial charge is 0.459 e. The zero-order valence-corrected chi connectivity index (χ0v) is 33.9. The van der Waals surface area contributed by atoms with Gasteiger partial charge in [-0.2, -0.15) is 0 Å². The van der Waals surface area contributed by atoms with Crippen LogP contribution in [-0.4, -0.2) is 97.5 Å². The first-order valence-corrected chi connectivity index (χ1v) is 19.1. The molecule has 2 fully saturated rings. The van der Waals surface area contributed by atoms with Gasteiger partial charge >= 0.3 is 24.0 Å². The lowest BCUT2D eigenvalue weighted by molar-refractivity contribution is -0.259. The summed E-state index contributed by atoms with van der Waals surface area (Å²) in [5.41, 5.74) is -7.89. The third kappa shape index (κ3) is 7.97. The summed E-state index contributed by atoms with van der Waals surface area (Å²) in [7, 11) is 0. The van der Waals surface area contributed by atoms with Crippen LogP contribution in [0.4, 0.5) is 4.79 Å². The van der Waals surface area contributed by atoms with Crippen LogP contribution < -0.4 is 5.32 Å². The van der Waals surface area contributed by atoms with Gasteiger partial charge in [-0.3, -0.25) is 9.59 Å². The van der Waals surface area contributed by atoms with Crippen LogP contribution in [0.15, 0.2) is 71.8 Å². The number of aliphatic hydroxyl groups excluding tert-OH is 3. The van der Waals surface area contributed by atoms with Gasteiger partial charge in [0, 0.05) is 18.8 Å². The molecule has 0 radical (unpaired) electrons. The Morgan fingerprint density at radius 1 is 0.912 bits per heavy atom. The molecule has 2 aromatic carbocycles. The van der Waals surface area contributed by atoms with Crippen LogP contribution in [-0.2, 0) is 33.3 Å². The van der Waals surface area contributed by atoms with Crippen molar-refractivity contribution in [2.45, 2.75) is 135 Å². The molecule has 0 unspecified atom stereocenters. The van der Waals surface area contributed by atoms with Crippen molar-refractivity contribution in [3.05, 3.63) is 82.9 Å². The van der Waals surface area contributed by atoms with E-state index in [1.165, 1.54) is 39.8 Å². The molecule has 1 amide bonds. The molecule has 3 aliphatic carbocycles. The zero-order valence-electron chi connectivity index (χ0n) is 33.9. The molecule has 57 heavy (non-hydrogen) atoms. The Morgan fingerprint density at radius 3 is 2.05 bits per heavy atom. The van der Waals surface area contributed by atoms with E-state index in [0.29, 0.717) is 5.56 Å². The van der Waals surface area contributed by atoms with Crippen LogP contribution in [0, 0.1) is 16.7 Å². The molecule has 3 aliphatic rings. The van der Waals surface area contributed by atoms with Gasteiger partial charge in [0.05, 0.1) is 29.0 Å². The number of alkyl carbamates (subject to hydrolysis) is 1. The standard InChI is InChI=1S/C43H55NO13/c1-23-27(54-37(51)32(48)30(25-16-12-10-13-17-25)44-38(52)57-39(3,4)5)22-43(53)35(55-36(50)26-18-14-11-15-19-26)33-41(8,56-24(2)45)21-20-28(46)42(33,9)34(49)31(47)29(23)40(43,6)7/h10-19,27-28,30-33,35,46-48,53H,20-22H2,1-9H3,(H,44,52)/t27-,28-,30-,31+,32+,33+,35-,41-,42+,43+/m0/s1. The number of fused-ring (bicyclic) bond motifs is 3. The number of Topliss-reactive ketones (excluding diaryl/α,β-unsaturated/α-hetero) is 1. The Kier molecular flexibility index (Phi) is 11.9. The van der Waals surface area contributed by atoms with E-state index in [0.717, 1.165) is 0 Å². The van der Waals surface area contributed by atoms with Gasteiger partial charge < -0.3 is 44.7 Å². The van der Waals surface area contributed by atoms with Crippen molar-refractivity contribution in [3.63, 3.8) is 0 Å². The van der Waals surface area contributed by atoms with E-state index >= 15 is 0 Å². The number of aliphatic hydroxyl groups is 4. The van der Waals surface area contributed by atoms with E-state index in [2.05, 4.69) is 5.32 Å². The number of nitrogens with one attached hydrogen (secondary N) is 1. The summed E-state index contributed by atoms with van der Waals surface area (Å²) in [6, 6.07) is 14.7. The summed E-state index contributed by atoms with van der Waals surface area (Å²) in [5.74, 6) is -5.22. The van der Waals surface area contributed by atoms with Crippen molar-refractivity contribution in [2.75, 3.05) is 0 Å². The normalized spacial score (nSPS) is 32.0. The van der Waals surface area contributed by atoms with Crippen LogP contribution >= 0.6 is 0 Å². The van der Waals surface area contributed by atoms with Crippen LogP contribution in [0.1, 0.15) is 104 Å². The number of carbonyl (C=O) groups excluding carboxylic acids is 5. The minimum atomic E-state index is -2.32. The molecule has 2 aromatic rings. The van der Waals surface area contributed by atoms with E-state index in [1.807, 2.05) is 0 Å². The SMILES string of the molecule is CC(=O)O[C@@]1(C)CC[C@H](O)[C@@]2(C)C(=O)[C@H](O)C3=C(C)[C@@H](OC(=O)[C@H](O)[C@@H](NC(=O)OC(C)(C)C)c4ccccc4)C[C@@](O)([C@@H](OC(=O)c4ccccc4)[C@@H]21)C3(C)C. The van der Waals surface area contributed by atoms with Crippen LogP contribution in [0.5, 0.6) is 0 Å². The van der Waals surface area contributed by atoms with Gasteiger partial charge in [-0.1, -0.05) is 62.4 Å². The third-order valence-electron chi connectivity index (χ3n) is 12.2. The first-order valence-electron chi connectivity index (χ1n) is 19.1. The van der Waals surface area contributed by atoms with Crippen LogP contribution in [0.2, 0.25) is 0 Å². The molecule has 0 saturated heterocycles. The molecule has 2 saturated carbocycles. The van der Waals surface area contributed by atoms with Gasteiger partial charge in [-0.25, -0.2) is 14.4 Å². The highest BCUT2D eigenvalue weighted by Gasteiger charge is 2.73. The van der Waals surface area contributed by atoms with Crippen molar-refractivity contribution >= 4 is 29.8 Å². The fourth-order valence-corrected chi connectivity index (χ4v) is 9.27. The molecular weight excluding hydrogens is 738 g/mol. The maximum Gasteiger partial charge on any atom is 0.408 e. The van der Waals surface area contributed by atoms with Gasteiger partial charge in [0.2, 0.25) is 0 Å². The Labute approximate surface area is 332 Å². The second kappa shape index (κ2) is 15.6. The van der Waals surface area contributed by atoms with Crippen LogP contribution in [0.3, 0.4) is 0 Å². The lowest BCUT2D eigenvalue weighted by Crippen LogP contribution is -2.75. The molecule has 0 aromatic heterocycles. The third-order valence-corrected chi connectivity index (χ3v) is 12.2. The predicted octanol–water partition coefficient (Wildman–Crippen LogP) is 4.27. The number of hydrogen-bond donors (Lipinski definition) is 5. The van der Waals surface area contributed by atoms with Gasteiger partial charge in [0.1, 0.15) is 35.1 Å². The average Bonchev–Trinajstić information content (AvgIpc) is 3.12. The highest BCUT2D eigenvalue weighted by Crippen LogP contribution is 2.62. The highest BCUT2D eigenvalue weighted by atomic mass is 16.6. The van der Waals surface area contributed by atoms with Crippen molar-refractivity contribution < 1.29 is 63.3 Å². The van der Waals surface area contributed by atoms with Crippen molar-refractivity contribution in [3.8, 4) is 0 Å². The molecule has 0 spiro atoms. The number of benzene rings is 2. The molecular formula is C43H55NO13. The number of ketones is 1. The minimum Gasteiger partial charge on any atom is -0.459 e. The molecule has 14 nitrogen and oxygen atoms in total. The van der Waals surface area contributed by atoms with Gasteiger partial charge in [-0.15, -0.1) is 0 Å². The summed E-state index contributed by atoms with van der Waals surface area (Å²) < 4.78 is 23.6. The second-order valence-corrected chi connectivity index (χ2v) is 17.4. The molecule has 10 atom stereocenters. The Balaban J connectivity index is 1.66. The number of ether oxygens (including phenoxy) is 4. The van der Waals surface area contributed by atoms with Crippen molar-refractivity contribution in [1.82, 2.24) is 5.32 Å². The molecule has 0 aliphatic heterocycles. The molecule has 2 bridgehead atoms. The molecule has 310 valence electrons. The summed E-state index contributed by atoms with van der Waals surface area (Å²) in [4.78, 5) is 68.6. The van der Waals surface area contributed by atoms with E-state index in [1.54, 1.807) is 83.1 Å². The number of amides is 1. The Hall–Kier alpha value is -4.63. The van der Waals surface area contributed by atoms with Crippen molar-refractivity contribution in [1.29, 1.82) is 0 Å². The maximum absolute atomic E-state index is 14.9. The number of esters is 3.